The van der Waals surface area contributed by atoms with Gasteiger partial charge in [-0.15, -0.1) is 5.10 Å². The average molecular weight is 280 g/mol. The van der Waals surface area contributed by atoms with Gasteiger partial charge in [-0.25, -0.2) is 9.89 Å². The highest BCUT2D eigenvalue weighted by Gasteiger charge is 2.15. The van der Waals surface area contributed by atoms with E-state index in [-0.39, 0.29) is 16.9 Å². The molecule has 0 aliphatic carbocycles. The molecule has 9 heteroatoms. The zero-order valence-electron chi connectivity index (χ0n) is 9.69. The van der Waals surface area contributed by atoms with E-state index in [2.05, 4.69) is 10.2 Å². The number of nitro groups is 1. The van der Waals surface area contributed by atoms with E-state index >= 15 is 0 Å². The lowest BCUT2D eigenvalue weighted by Crippen LogP contribution is -2.12. The lowest BCUT2D eigenvalue weighted by molar-refractivity contribution is -0.385. The summed E-state index contributed by atoms with van der Waals surface area (Å²) in [6.07, 6.45) is 0.422. The van der Waals surface area contributed by atoms with E-state index in [0.717, 1.165) is 11.8 Å². The molecular formula is C10H8N4O4S. The second-order valence-corrected chi connectivity index (χ2v) is 4.61. The Bertz CT molecular complexity index is 706. The SMILES string of the molecule is Cn1c(Sc2ccc([N+](=O)[O-])c(C=O)c2)n[nH]c1=O. The molecule has 0 fully saturated rings. The van der Waals surface area contributed by atoms with Crippen molar-refractivity contribution in [2.24, 2.45) is 7.05 Å². The van der Waals surface area contributed by atoms with Crippen molar-refractivity contribution in [3.63, 3.8) is 0 Å². The molecule has 0 amide bonds. The van der Waals surface area contributed by atoms with E-state index in [9.17, 15) is 19.7 Å². The van der Waals surface area contributed by atoms with Crippen molar-refractivity contribution < 1.29 is 9.72 Å². The molecule has 0 aliphatic rings. The fraction of sp³-hybridized carbons (Fsp3) is 0.100. The number of rotatable bonds is 4. The van der Waals surface area contributed by atoms with Crippen LogP contribution >= 0.6 is 11.8 Å². The van der Waals surface area contributed by atoms with Crippen LogP contribution in [0.15, 0.2) is 33.0 Å². The lowest BCUT2D eigenvalue weighted by Gasteiger charge is -2.01. The van der Waals surface area contributed by atoms with Crippen LogP contribution in [-0.4, -0.2) is 26.0 Å². The first-order valence-corrected chi connectivity index (χ1v) is 5.87. The highest BCUT2D eigenvalue weighted by atomic mass is 32.2. The van der Waals surface area contributed by atoms with Crippen molar-refractivity contribution in [2.75, 3.05) is 0 Å². The van der Waals surface area contributed by atoms with Gasteiger partial charge in [-0.3, -0.25) is 19.5 Å². The van der Waals surface area contributed by atoms with Crippen LogP contribution in [0, 0.1) is 10.1 Å². The van der Waals surface area contributed by atoms with Gasteiger partial charge in [0.05, 0.1) is 10.5 Å². The van der Waals surface area contributed by atoms with Gasteiger partial charge in [0.15, 0.2) is 11.4 Å². The maximum Gasteiger partial charge on any atom is 0.343 e. The van der Waals surface area contributed by atoms with Crippen LogP contribution in [-0.2, 0) is 7.05 Å². The van der Waals surface area contributed by atoms with Crippen molar-refractivity contribution >= 4 is 23.7 Å². The van der Waals surface area contributed by atoms with Crippen LogP contribution in [0.2, 0.25) is 0 Å². The summed E-state index contributed by atoms with van der Waals surface area (Å²) < 4.78 is 1.30. The third kappa shape index (κ3) is 2.55. The number of benzene rings is 1. The molecule has 19 heavy (non-hydrogen) atoms. The van der Waals surface area contributed by atoms with Gasteiger partial charge in [-0.2, -0.15) is 0 Å². The highest BCUT2D eigenvalue weighted by molar-refractivity contribution is 7.99. The van der Waals surface area contributed by atoms with Gasteiger partial charge < -0.3 is 0 Å². The number of aromatic amines is 1. The van der Waals surface area contributed by atoms with E-state index < -0.39 is 4.92 Å². The van der Waals surface area contributed by atoms with E-state index in [4.69, 9.17) is 0 Å². The number of aldehydes is 1. The van der Waals surface area contributed by atoms with Gasteiger partial charge in [0.25, 0.3) is 5.69 Å². The van der Waals surface area contributed by atoms with Gasteiger partial charge in [0.2, 0.25) is 0 Å². The van der Waals surface area contributed by atoms with Crippen molar-refractivity contribution in [1.82, 2.24) is 14.8 Å². The van der Waals surface area contributed by atoms with Crippen molar-refractivity contribution in [3.8, 4) is 0 Å². The van der Waals surface area contributed by atoms with Crippen molar-refractivity contribution in [3.05, 3.63) is 44.4 Å². The summed E-state index contributed by atoms with van der Waals surface area (Å²) in [5.41, 5.74) is -0.633. The Morgan fingerprint density at radius 2 is 2.26 bits per heavy atom. The molecule has 0 bridgehead atoms. The molecule has 0 atom stereocenters. The molecule has 2 rings (SSSR count). The number of hydrogen-bond donors (Lipinski definition) is 1. The van der Waals surface area contributed by atoms with Gasteiger partial charge in [-0.05, 0) is 23.9 Å². The molecule has 0 aliphatic heterocycles. The molecular weight excluding hydrogens is 272 g/mol. The van der Waals surface area contributed by atoms with Crippen LogP contribution < -0.4 is 5.69 Å². The van der Waals surface area contributed by atoms with Gasteiger partial charge >= 0.3 is 5.69 Å². The number of nitrogens with zero attached hydrogens (tertiary/aromatic N) is 3. The predicted molar refractivity (Wildman–Crippen MR) is 66.4 cm³/mol. The number of carbonyl (C=O) groups is 1. The molecule has 98 valence electrons. The number of H-pyrrole nitrogens is 1. The first kappa shape index (κ1) is 13.0. The maximum absolute atomic E-state index is 11.2. The summed E-state index contributed by atoms with van der Waals surface area (Å²) in [6, 6.07) is 4.13. The molecule has 1 N–H and O–H groups in total. The number of nitro benzene ring substituents is 1. The van der Waals surface area contributed by atoms with E-state index in [1.54, 1.807) is 7.05 Å². The second kappa shape index (κ2) is 5.06. The second-order valence-electron chi connectivity index (χ2n) is 3.57. The Morgan fingerprint density at radius 1 is 1.53 bits per heavy atom. The molecule has 0 saturated carbocycles. The molecule has 0 saturated heterocycles. The molecule has 8 nitrogen and oxygen atoms in total. The monoisotopic (exact) mass is 280 g/mol. The van der Waals surface area contributed by atoms with Crippen LogP contribution in [0.4, 0.5) is 5.69 Å². The van der Waals surface area contributed by atoms with Gasteiger partial charge in [0, 0.05) is 18.0 Å². The molecule has 1 aromatic carbocycles. The van der Waals surface area contributed by atoms with Gasteiger partial charge in [-0.1, -0.05) is 0 Å². The largest absolute Gasteiger partial charge is 0.343 e. The molecule has 0 radical (unpaired) electrons. The topological polar surface area (TPSA) is 111 Å². The van der Waals surface area contributed by atoms with Crippen LogP contribution in [0.1, 0.15) is 10.4 Å². The third-order valence-corrected chi connectivity index (χ3v) is 3.41. The van der Waals surface area contributed by atoms with E-state index in [0.29, 0.717) is 16.3 Å². The lowest BCUT2D eigenvalue weighted by atomic mass is 10.2. The minimum atomic E-state index is -0.623. The predicted octanol–water partition coefficient (Wildman–Crippen LogP) is 0.980. The Labute approximate surface area is 110 Å². The number of hydrogen-bond acceptors (Lipinski definition) is 6. The third-order valence-electron chi connectivity index (χ3n) is 2.37. The van der Waals surface area contributed by atoms with Crippen LogP contribution in [0.3, 0.4) is 0 Å². The first-order valence-electron chi connectivity index (χ1n) is 5.06. The Kier molecular flexibility index (Phi) is 3.47. The number of aromatic nitrogens is 3. The van der Waals surface area contributed by atoms with Crippen LogP contribution in [0.5, 0.6) is 0 Å². The Hall–Kier alpha value is -2.42. The molecule has 1 heterocycles. The van der Waals surface area contributed by atoms with Crippen LogP contribution in [0.25, 0.3) is 0 Å². The van der Waals surface area contributed by atoms with E-state index in [1.807, 2.05) is 0 Å². The van der Waals surface area contributed by atoms with Crippen molar-refractivity contribution in [2.45, 2.75) is 10.1 Å². The minimum Gasteiger partial charge on any atom is -0.298 e. The van der Waals surface area contributed by atoms with Gasteiger partial charge in [0.1, 0.15) is 0 Å². The van der Waals surface area contributed by atoms with E-state index in [1.165, 1.54) is 22.8 Å². The smallest absolute Gasteiger partial charge is 0.298 e. The molecule has 2 aromatic rings. The molecule has 1 aromatic heterocycles. The maximum atomic E-state index is 11.2. The first-order chi connectivity index (χ1) is 9.02. The average Bonchev–Trinajstić information content (AvgIpc) is 2.70. The standard InChI is InChI=1S/C10H8N4O4S/c1-13-9(16)11-12-10(13)19-7-2-3-8(14(17)18)6(4-7)5-15/h2-5H,1H3,(H,11,16). The normalized spacial score (nSPS) is 10.4. The number of nitrogens with one attached hydrogen (secondary N) is 1. The summed E-state index contributed by atoms with van der Waals surface area (Å²) >= 11 is 1.12. The quantitative estimate of drug-likeness (QED) is 0.507. The summed E-state index contributed by atoms with van der Waals surface area (Å²) in [5, 5.41) is 17.1. The minimum absolute atomic E-state index is 0.0180. The summed E-state index contributed by atoms with van der Waals surface area (Å²) in [4.78, 5) is 32.6. The molecule has 0 spiro atoms. The summed E-state index contributed by atoms with van der Waals surface area (Å²) in [5.74, 6) is 0. The zero-order chi connectivity index (χ0) is 14.0. The summed E-state index contributed by atoms with van der Waals surface area (Å²) in [7, 11) is 1.54. The zero-order valence-corrected chi connectivity index (χ0v) is 10.5. The molecule has 0 unspecified atom stereocenters. The van der Waals surface area contributed by atoms with Crippen molar-refractivity contribution in [1.29, 1.82) is 0 Å². The Balaban J connectivity index is 2.37. The Morgan fingerprint density at radius 3 is 2.79 bits per heavy atom. The fourth-order valence-electron chi connectivity index (χ4n) is 1.39. The number of carbonyl (C=O) groups excluding carboxylic acids is 1. The highest BCUT2D eigenvalue weighted by Crippen LogP contribution is 2.28. The fourth-order valence-corrected chi connectivity index (χ4v) is 2.23. The summed E-state index contributed by atoms with van der Waals surface area (Å²) in [6.45, 7) is 0.